The number of nitrogens with zero attached hydrogens (tertiary/aromatic N) is 4. The largest absolute Gasteiger partial charge is 0.478 e. The van der Waals surface area contributed by atoms with E-state index in [1.54, 1.807) is 40.8 Å². The Morgan fingerprint density at radius 2 is 1.55 bits per heavy atom. The van der Waals surface area contributed by atoms with Crippen LogP contribution < -0.4 is 21.7 Å². The van der Waals surface area contributed by atoms with E-state index in [2.05, 4.69) is 30.7 Å². The third-order valence-corrected chi connectivity index (χ3v) is 16.6. The highest BCUT2D eigenvalue weighted by Crippen LogP contribution is 2.36. The van der Waals surface area contributed by atoms with E-state index >= 15 is 4.79 Å². The summed E-state index contributed by atoms with van der Waals surface area (Å²) in [5.74, 6) is -9.37. The molecule has 7 N–H and O–H groups in total. The summed E-state index contributed by atoms with van der Waals surface area (Å²) in [5.41, 5.74) is 3.03. The predicted octanol–water partition coefficient (Wildman–Crippen LogP) is 3.70. The van der Waals surface area contributed by atoms with Gasteiger partial charge in [0.15, 0.2) is 11.6 Å². The Labute approximate surface area is 464 Å². The van der Waals surface area contributed by atoms with Crippen molar-refractivity contribution in [3.05, 3.63) is 77.8 Å². The summed E-state index contributed by atoms with van der Waals surface area (Å²) in [5, 5.41) is 19.4. The van der Waals surface area contributed by atoms with Crippen molar-refractivity contribution in [2.75, 3.05) is 26.7 Å². The zero-order valence-corrected chi connectivity index (χ0v) is 46.5. The number of amides is 7. The van der Waals surface area contributed by atoms with Crippen LogP contribution in [0.2, 0.25) is 0 Å². The molecule has 7 atom stereocenters. The van der Waals surface area contributed by atoms with Crippen molar-refractivity contribution in [1.29, 1.82) is 0 Å². The maximum atomic E-state index is 15.3. The van der Waals surface area contributed by atoms with Crippen LogP contribution in [0.3, 0.4) is 0 Å². The van der Waals surface area contributed by atoms with E-state index in [0.717, 1.165) is 59.0 Å². The van der Waals surface area contributed by atoms with Crippen molar-refractivity contribution in [2.24, 2.45) is 23.0 Å². The fourth-order valence-corrected chi connectivity index (χ4v) is 11.9. The molecule has 5 heterocycles. The number of carboxylic acids is 1. The van der Waals surface area contributed by atoms with E-state index in [1.807, 2.05) is 24.3 Å². The van der Waals surface area contributed by atoms with Crippen molar-refractivity contribution < 1.29 is 62.6 Å². The minimum absolute atomic E-state index is 0.0287. The first-order valence-corrected chi connectivity index (χ1v) is 27.6. The number of likely N-dealkylation sites (tertiary alicyclic amines) is 3. The van der Waals surface area contributed by atoms with Gasteiger partial charge in [0.25, 0.3) is 0 Å². The molecule has 1 saturated carbocycles. The number of hydrogen-bond donors (Lipinski definition) is 6. The van der Waals surface area contributed by atoms with Gasteiger partial charge in [-0.1, -0.05) is 64.3 Å². The maximum absolute atomic E-state index is 15.3. The van der Waals surface area contributed by atoms with Gasteiger partial charge in [-0.25, -0.2) is 9.59 Å². The molecule has 430 valence electrons. The molecule has 22 heteroatoms. The molecule has 3 aliphatic heterocycles. The zero-order chi connectivity index (χ0) is 58.3. The van der Waals surface area contributed by atoms with E-state index < -0.39 is 131 Å². The van der Waals surface area contributed by atoms with Crippen molar-refractivity contribution >= 4 is 75.8 Å². The number of primary amides is 1. The van der Waals surface area contributed by atoms with Crippen molar-refractivity contribution in [3.8, 4) is 0 Å². The molecule has 4 aliphatic rings. The van der Waals surface area contributed by atoms with Gasteiger partial charge in [0.05, 0.1) is 24.8 Å². The molecule has 22 nitrogen and oxygen atoms in total. The molecular weight excluding hydrogens is 1030 g/mol. The number of rotatable bonds is 21. The summed E-state index contributed by atoms with van der Waals surface area (Å²) in [6.45, 7) is 8.16. The third kappa shape index (κ3) is 13.1. The van der Waals surface area contributed by atoms with Crippen LogP contribution in [0.15, 0.2) is 61.1 Å². The predicted molar refractivity (Wildman–Crippen MR) is 291 cm³/mol. The van der Waals surface area contributed by atoms with Crippen molar-refractivity contribution in [2.45, 2.75) is 160 Å². The second-order valence-electron chi connectivity index (χ2n) is 23.2. The van der Waals surface area contributed by atoms with Gasteiger partial charge in [-0.15, -0.1) is 0 Å². The fourth-order valence-electron chi connectivity index (χ4n) is 11.9. The molecule has 1 aromatic carbocycles. The van der Waals surface area contributed by atoms with Gasteiger partial charge in [0, 0.05) is 73.8 Å². The summed E-state index contributed by atoms with van der Waals surface area (Å²) in [6, 6.07) is 3.54. The van der Waals surface area contributed by atoms with Gasteiger partial charge in [-0.05, 0) is 94.2 Å². The number of hydrogen-bond acceptors (Lipinski definition) is 13. The van der Waals surface area contributed by atoms with Gasteiger partial charge in [0.2, 0.25) is 41.4 Å². The first-order chi connectivity index (χ1) is 37.9. The fraction of sp³-hybridized carbons (Fsp3) is 0.552. The number of Topliss-reactive ketones (excluding diaryl/α,β-unsaturated/α-hetero) is 2. The number of esters is 1. The number of fused-ring (bicyclic) bond motifs is 1. The minimum atomic E-state index is -1.51. The topological polar surface area (TPSA) is 318 Å². The summed E-state index contributed by atoms with van der Waals surface area (Å²) in [4.78, 5) is 164. The van der Waals surface area contributed by atoms with Gasteiger partial charge in [0.1, 0.15) is 35.2 Å². The molecule has 0 spiro atoms. The van der Waals surface area contributed by atoms with Crippen molar-refractivity contribution in [1.82, 2.24) is 40.6 Å². The Morgan fingerprint density at radius 1 is 0.875 bits per heavy atom. The summed E-state index contributed by atoms with van der Waals surface area (Å²) >= 11 is 0. The molecule has 7 rings (SSSR count). The van der Waals surface area contributed by atoms with Gasteiger partial charge in [-0.3, -0.25) is 48.1 Å². The van der Waals surface area contributed by atoms with Crippen LogP contribution in [0.4, 0.5) is 0 Å². The number of para-hydroxylation sites is 1. The molecule has 3 aromatic rings. The van der Waals surface area contributed by atoms with E-state index in [9.17, 15) is 53.1 Å². The summed E-state index contributed by atoms with van der Waals surface area (Å²) in [6.07, 6.45) is 11.0. The van der Waals surface area contributed by atoms with E-state index in [-0.39, 0.29) is 55.8 Å². The Bertz CT molecular complexity index is 2940. The number of methoxy groups -OCH3 is 1. The van der Waals surface area contributed by atoms with Crippen molar-refractivity contribution in [3.63, 3.8) is 0 Å². The molecular formula is C58H75N9O13. The van der Waals surface area contributed by atoms with Crippen LogP contribution in [0.5, 0.6) is 0 Å². The number of ketones is 2. The second kappa shape index (κ2) is 25.1. The summed E-state index contributed by atoms with van der Waals surface area (Å²) in [7, 11) is 1.19. The Hall–Kier alpha value is -7.78. The minimum Gasteiger partial charge on any atom is -0.478 e. The standard InChI is InChI=1S/C58H75N9O13/c1-56(2,3)47(64-48(71)35(18-10-13-21-45(70)80-6)29-44(69)40-32-60-25-22-39(40)53(76)77)52(75)65-33-37(68)30-43(65)49(72)63-46(34-16-8-7-9-17-34)51(74)67-27-15-24-58(67,5)55(79)62-42(28-36-31-61-41-20-12-11-19-38(36)41)50(73)66-26-14-23-57(66,4)54(59)78/h11-13,19-22,25,31-32,34-35,42-43,46-47,61H,7-10,14-18,23-24,26-30,33H2,1-6H3,(H2,59,78)(H,62,79)(H,63,72)(H,64,71)(H,76,77)/b21-13+/t35-,42+,43+,46+,47-,57+,58+/m1/s1. The molecule has 4 fully saturated rings. The van der Waals surface area contributed by atoms with E-state index in [0.29, 0.717) is 32.1 Å². The van der Waals surface area contributed by atoms with E-state index in [4.69, 9.17) is 5.73 Å². The number of aromatic amines is 1. The molecule has 0 unspecified atom stereocenters. The normalized spacial score (nSPS) is 22.1. The number of allylic oxidation sites excluding steroid dienone is 1. The van der Waals surface area contributed by atoms with E-state index in [1.165, 1.54) is 29.2 Å². The lowest BCUT2D eigenvalue weighted by molar-refractivity contribution is -0.151. The van der Waals surface area contributed by atoms with Crippen LogP contribution in [-0.4, -0.2) is 157 Å². The number of carboxylic acid groups (broad SMARTS) is 1. The molecule has 0 bridgehead atoms. The number of aromatic carboxylic acids is 1. The first kappa shape index (κ1) is 59.9. The number of pyridine rings is 1. The molecule has 0 radical (unpaired) electrons. The lowest BCUT2D eigenvalue weighted by Crippen LogP contribution is -2.65. The monoisotopic (exact) mass is 1110 g/mol. The lowest BCUT2D eigenvalue weighted by Gasteiger charge is -2.41. The Balaban J connectivity index is 1.12. The Kier molecular flexibility index (Phi) is 18.8. The number of carbonyl (C=O) groups excluding carboxylic acids is 10. The number of aromatic nitrogens is 2. The highest BCUT2D eigenvalue weighted by molar-refractivity contribution is 6.07. The number of carbonyl (C=O) groups is 11. The molecule has 7 amide bonds. The Morgan fingerprint density at radius 3 is 2.21 bits per heavy atom. The average Bonchev–Trinajstić information content (AvgIpc) is 4.36. The van der Waals surface area contributed by atoms with Crippen LogP contribution in [0.1, 0.15) is 144 Å². The SMILES string of the molecule is COC(=O)/C=C/CC[C@H](CC(=O)c1cnccc1C(=O)O)C(=O)N[C@H](C(=O)N1CC(=O)C[C@H]1C(=O)N[C@H](C(=O)N1CCC[C@@]1(C)C(=O)N[C@@H](Cc1c[nH]c2ccccc12)C(=O)N1CCC[C@@]1(C)C(N)=O)C1CCCCC1)C(C)(C)C. The quantitative estimate of drug-likeness (QED) is 0.0504. The van der Waals surface area contributed by atoms with Crippen LogP contribution in [-0.2, 0) is 54.3 Å². The van der Waals surface area contributed by atoms with Gasteiger partial charge < -0.3 is 51.2 Å². The second-order valence-corrected chi connectivity index (χ2v) is 23.2. The lowest BCUT2D eigenvalue weighted by atomic mass is 9.82. The molecule has 80 heavy (non-hydrogen) atoms. The number of nitrogens with one attached hydrogen (secondary N) is 4. The molecule has 3 saturated heterocycles. The molecule has 2 aromatic heterocycles. The maximum Gasteiger partial charge on any atom is 0.336 e. The summed E-state index contributed by atoms with van der Waals surface area (Å²) < 4.78 is 4.66. The van der Waals surface area contributed by atoms with Gasteiger partial charge >= 0.3 is 11.9 Å². The first-order valence-electron chi connectivity index (χ1n) is 27.6. The number of H-pyrrole nitrogens is 1. The highest BCUT2D eigenvalue weighted by Gasteiger charge is 2.52. The van der Waals surface area contributed by atoms with Crippen LogP contribution >= 0.6 is 0 Å². The number of benzene rings is 1. The zero-order valence-electron chi connectivity index (χ0n) is 46.5. The highest BCUT2D eigenvalue weighted by atomic mass is 16.5. The third-order valence-electron chi connectivity index (χ3n) is 16.6. The van der Waals surface area contributed by atoms with Crippen LogP contribution in [0, 0.1) is 17.3 Å². The number of nitrogens with two attached hydrogens (primary N) is 1. The molecule has 1 aliphatic carbocycles. The smallest absolute Gasteiger partial charge is 0.336 e. The van der Waals surface area contributed by atoms with Gasteiger partial charge in [-0.2, -0.15) is 0 Å². The number of ether oxygens (including phenoxy) is 1. The van der Waals surface area contributed by atoms with Crippen LogP contribution in [0.25, 0.3) is 10.9 Å². The average molecular weight is 1110 g/mol.